The molecule has 86 valence electrons. The van der Waals surface area contributed by atoms with Gasteiger partial charge < -0.3 is 9.64 Å². The third-order valence-corrected chi connectivity index (χ3v) is 3.61. The van der Waals surface area contributed by atoms with Crippen LogP contribution < -0.4 is 0 Å². The zero-order chi connectivity index (χ0) is 10.7. The maximum atomic E-state index is 11.4. The molecule has 2 aliphatic heterocycles. The van der Waals surface area contributed by atoms with Gasteiger partial charge in [-0.15, -0.1) is 0 Å². The largest absolute Gasteiger partial charge is 0.381 e. The van der Waals surface area contributed by atoms with Crippen LogP contribution in [0.15, 0.2) is 0 Å². The molecule has 0 aromatic heterocycles. The molecule has 0 saturated carbocycles. The van der Waals surface area contributed by atoms with Crippen LogP contribution in [0.1, 0.15) is 26.2 Å². The van der Waals surface area contributed by atoms with Gasteiger partial charge in [0.05, 0.1) is 0 Å². The molecule has 15 heavy (non-hydrogen) atoms. The lowest BCUT2D eigenvalue weighted by Gasteiger charge is -2.34. The summed E-state index contributed by atoms with van der Waals surface area (Å²) in [5.41, 5.74) is 0. The molecule has 0 radical (unpaired) electrons. The lowest BCUT2D eigenvalue weighted by molar-refractivity contribution is -0.125. The first kappa shape index (κ1) is 11.1. The molecule has 0 N–H and O–H groups in total. The number of piperidine rings is 1. The van der Waals surface area contributed by atoms with E-state index >= 15 is 0 Å². The summed E-state index contributed by atoms with van der Waals surface area (Å²) in [6, 6.07) is 0. The van der Waals surface area contributed by atoms with Gasteiger partial charge in [0.1, 0.15) is 5.78 Å². The fraction of sp³-hybridized carbons (Fsp3) is 0.917. The Labute approximate surface area is 91.8 Å². The first-order valence-corrected chi connectivity index (χ1v) is 6.08. The van der Waals surface area contributed by atoms with Gasteiger partial charge in [0.15, 0.2) is 0 Å². The summed E-state index contributed by atoms with van der Waals surface area (Å²) in [4.78, 5) is 13.8. The minimum Gasteiger partial charge on any atom is -0.381 e. The summed E-state index contributed by atoms with van der Waals surface area (Å²) in [5, 5.41) is 0. The molecule has 2 fully saturated rings. The Morgan fingerprint density at radius 3 is 2.80 bits per heavy atom. The van der Waals surface area contributed by atoms with Crippen molar-refractivity contribution in [2.24, 2.45) is 11.8 Å². The van der Waals surface area contributed by atoms with E-state index in [1.807, 2.05) is 0 Å². The molecule has 1 atom stereocenters. The fourth-order valence-electron chi connectivity index (χ4n) is 2.56. The molecule has 0 aromatic rings. The van der Waals surface area contributed by atoms with E-state index in [1.54, 1.807) is 0 Å². The van der Waals surface area contributed by atoms with Crippen LogP contribution in [0.2, 0.25) is 0 Å². The molecular formula is C12H21NO2. The zero-order valence-corrected chi connectivity index (χ0v) is 9.58. The fourth-order valence-corrected chi connectivity index (χ4v) is 2.56. The molecule has 2 rings (SSSR count). The van der Waals surface area contributed by atoms with Crippen molar-refractivity contribution >= 4 is 5.78 Å². The lowest BCUT2D eigenvalue weighted by atomic mass is 9.95. The van der Waals surface area contributed by atoms with Crippen molar-refractivity contribution in [3.05, 3.63) is 0 Å². The molecule has 0 spiro atoms. The standard InChI is InChI=1S/C12H21NO2/c1-10-8-13(5-2-12(10)14)9-11-3-6-15-7-4-11/h10-11H,2-9H2,1H3. The summed E-state index contributed by atoms with van der Waals surface area (Å²) in [6.45, 7) is 7.01. The van der Waals surface area contributed by atoms with Gasteiger partial charge in [0.25, 0.3) is 0 Å². The maximum Gasteiger partial charge on any atom is 0.138 e. The van der Waals surface area contributed by atoms with Gasteiger partial charge in [-0.25, -0.2) is 0 Å². The number of rotatable bonds is 2. The molecular weight excluding hydrogens is 190 g/mol. The normalized spacial score (nSPS) is 30.7. The topological polar surface area (TPSA) is 29.5 Å². The predicted octanol–water partition coefficient (Wildman–Crippen LogP) is 1.32. The molecule has 3 nitrogen and oxygen atoms in total. The highest BCUT2D eigenvalue weighted by Crippen LogP contribution is 2.19. The van der Waals surface area contributed by atoms with Crippen LogP contribution in [-0.4, -0.2) is 43.5 Å². The highest BCUT2D eigenvalue weighted by Gasteiger charge is 2.25. The van der Waals surface area contributed by atoms with Crippen molar-refractivity contribution in [1.82, 2.24) is 4.90 Å². The molecule has 1 unspecified atom stereocenters. The summed E-state index contributed by atoms with van der Waals surface area (Å²) < 4.78 is 5.35. The van der Waals surface area contributed by atoms with E-state index in [-0.39, 0.29) is 5.92 Å². The van der Waals surface area contributed by atoms with Crippen LogP contribution in [-0.2, 0) is 9.53 Å². The summed E-state index contributed by atoms with van der Waals surface area (Å²) in [5.74, 6) is 1.48. The number of likely N-dealkylation sites (tertiary alicyclic amines) is 1. The van der Waals surface area contributed by atoms with Gasteiger partial charge in [-0.05, 0) is 18.8 Å². The third-order valence-electron chi connectivity index (χ3n) is 3.61. The minimum atomic E-state index is 0.249. The number of hydrogen-bond donors (Lipinski definition) is 0. The second-order valence-corrected chi connectivity index (χ2v) is 4.93. The van der Waals surface area contributed by atoms with E-state index in [9.17, 15) is 4.79 Å². The van der Waals surface area contributed by atoms with Crippen molar-refractivity contribution in [2.75, 3.05) is 32.8 Å². The van der Waals surface area contributed by atoms with Gasteiger partial charge in [-0.3, -0.25) is 4.79 Å². The van der Waals surface area contributed by atoms with Gasteiger partial charge in [-0.1, -0.05) is 6.92 Å². The first-order chi connectivity index (χ1) is 7.25. The van der Waals surface area contributed by atoms with Gasteiger partial charge in [-0.2, -0.15) is 0 Å². The molecule has 0 aliphatic carbocycles. The average molecular weight is 211 g/mol. The van der Waals surface area contributed by atoms with E-state index < -0.39 is 0 Å². The molecule has 3 heteroatoms. The van der Waals surface area contributed by atoms with Crippen molar-refractivity contribution in [3.8, 4) is 0 Å². The summed E-state index contributed by atoms with van der Waals surface area (Å²) in [7, 11) is 0. The van der Waals surface area contributed by atoms with Gasteiger partial charge in [0, 0.05) is 45.2 Å². The average Bonchev–Trinajstić information content (AvgIpc) is 2.25. The van der Waals surface area contributed by atoms with E-state index in [4.69, 9.17) is 4.74 Å². The molecule has 0 amide bonds. The van der Waals surface area contributed by atoms with Crippen LogP contribution in [0.4, 0.5) is 0 Å². The maximum absolute atomic E-state index is 11.4. The Kier molecular flexibility index (Phi) is 3.76. The third kappa shape index (κ3) is 3.02. The number of Topliss-reactive ketones (excluding diaryl/α,β-unsaturated/α-hetero) is 1. The van der Waals surface area contributed by atoms with Crippen LogP contribution >= 0.6 is 0 Å². The second-order valence-electron chi connectivity index (χ2n) is 4.93. The highest BCUT2D eigenvalue weighted by molar-refractivity contribution is 5.81. The van der Waals surface area contributed by atoms with Crippen LogP contribution in [0.25, 0.3) is 0 Å². The Morgan fingerprint density at radius 2 is 2.13 bits per heavy atom. The van der Waals surface area contributed by atoms with Crippen LogP contribution in [0.3, 0.4) is 0 Å². The van der Waals surface area contributed by atoms with E-state index in [0.717, 1.165) is 38.6 Å². The molecule has 0 aromatic carbocycles. The van der Waals surface area contributed by atoms with Crippen LogP contribution in [0.5, 0.6) is 0 Å². The molecule has 2 aliphatic rings. The zero-order valence-electron chi connectivity index (χ0n) is 9.58. The van der Waals surface area contributed by atoms with Crippen molar-refractivity contribution < 1.29 is 9.53 Å². The lowest BCUT2D eigenvalue weighted by Crippen LogP contribution is -2.42. The number of ether oxygens (including phenoxy) is 1. The Bertz CT molecular complexity index is 224. The predicted molar refractivity (Wildman–Crippen MR) is 58.8 cm³/mol. The van der Waals surface area contributed by atoms with E-state index in [0.29, 0.717) is 5.78 Å². The summed E-state index contributed by atoms with van der Waals surface area (Å²) >= 11 is 0. The Hall–Kier alpha value is -0.410. The Balaban J connectivity index is 1.76. The first-order valence-electron chi connectivity index (χ1n) is 6.08. The molecule has 0 bridgehead atoms. The number of carbonyl (C=O) groups is 1. The van der Waals surface area contributed by atoms with Crippen molar-refractivity contribution in [1.29, 1.82) is 0 Å². The highest BCUT2D eigenvalue weighted by atomic mass is 16.5. The minimum absolute atomic E-state index is 0.249. The SMILES string of the molecule is CC1CN(CC2CCOCC2)CCC1=O. The molecule has 2 saturated heterocycles. The number of carbonyl (C=O) groups excluding carboxylic acids is 1. The number of ketones is 1. The summed E-state index contributed by atoms with van der Waals surface area (Å²) in [6.07, 6.45) is 3.14. The van der Waals surface area contributed by atoms with Crippen molar-refractivity contribution in [2.45, 2.75) is 26.2 Å². The quantitative estimate of drug-likeness (QED) is 0.690. The van der Waals surface area contributed by atoms with E-state index in [2.05, 4.69) is 11.8 Å². The van der Waals surface area contributed by atoms with Gasteiger partial charge in [0.2, 0.25) is 0 Å². The van der Waals surface area contributed by atoms with E-state index in [1.165, 1.54) is 19.4 Å². The smallest absolute Gasteiger partial charge is 0.138 e. The van der Waals surface area contributed by atoms with Crippen LogP contribution in [0, 0.1) is 11.8 Å². The number of hydrogen-bond acceptors (Lipinski definition) is 3. The number of nitrogens with zero attached hydrogens (tertiary/aromatic N) is 1. The van der Waals surface area contributed by atoms with Gasteiger partial charge >= 0.3 is 0 Å². The Morgan fingerprint density at radius 1 is 1.40 bits per heavy atom. The molecule has 2 heterocycles. The monoisotopic (exact) mass is 211 g/mol. The van der Waals surface area contributed by atoms with Crippen molar-refractivity contribution in [3.63, 3.8) is 0 Å². The second kappa shape index (κ2) is 5.08.